The number of carbonyl (C=O) groups is 2. The quantitative estimate of drug-likeness (QED) is 0.249. The van der Waals surface area contributed by atoms with Gasteiger partial charge >= 0.3 is 5.97 Å². The molecule has 3 nitrogen and oxygen atoms in total. The number of ketones is 1. The fourth-order valence-electron chi connectivity index (χ4n) is 6.47. The Labute approximate surface area is 195 Å². The molecule has 6 atom stereocenters. The molecule has 0 aromatic heterocycles. The summed E-state index contributed by atoms with van der Waals surface area (Å²) < 4.78 is 5.38. The molecule has 0 amide bonds. The lowest BCUT2D eigenvalue weighted by Crippen LogP contribution is -2.35. The van der Waals surface area contributed by atoms with Gasteiger partial charge in [-0.1, -0.05) is 64.5 Å². The first kappa shape index (κ1) is 25.0. The van der Waals surface area contributed by atoms with Gasteiger partial charge in [0, 0.05) is 19.8 Å². The summed E-state index contributed by atoms with van der Waals surface area (Å²) in [6.07, 6.45) is 17.0. The van der Waals surface area contributed by atoms with Crippen LogP contribution < -0.4 is 0 Å². The molecule has 0 N–H and O–H groups in total. The molecule has 3 fully saturated rings. The topological polar surface area (TPSA) is 43.4 Å². The average Bonchev–Trinajstić information content (AvgIpc) is 3.09. The Morgan fingerprint density at radius 1 is 1.06 bits per heavy atom. The van der Waals surface area contributed by atoms with Crippen LogP contribution in [0.15, 0.2) is 35.5 Å². The monoisotopic (exact) mass is 440 g/mol. The van der Waals surface area contributed by atoms with Crippen LogP contribution in [0.3, 0.4) is 0 Å². The van der Waals surface area contributed by atoms with Crippen LogP contribution in [0.25, 0.3) is 0 Å². The maximum Gasteiger partial charge on any atom is 0.302 e. The third kappa shape index (κ3) is 5.64. The summed E-state index contributed by atoms with van der Waals surface area (Å²) in [7, 11) is 0. The highest BCUT2D eigenvalue weighted by Gasteiger charge is 2.50. The fourth-order valence-corrected chi connectivity index (χ4v) is 6.47. The highest BCUT2D eigenvalue weighted by Crippen LogP contribution is 2.59. The smallest absolute Gasteiger partial charge is 0.302 e. The molecule has 0 saturated heterocycles. The minimum absolute atomic E-state index is 0.150. The van der Waals surface area contributed by atoms with E-state index in [1.54, 1.807) is 0 Å². The zero-order valence-corrected chi connectivity index (χ0v) is 21.2. The minimum atomic E-state index is -0.256. The molecule has 0 aromatic carbocycles. The van der Waals surface area contributed by atoms with Crippen LogP contribution >= 0.6 is 0 Å². The van der Waals surface area contributed by atoms with Crippen molar-refractivity contribution in [2.75, 3.05) is 0 Å². The van der Waals surface area contributed by atoms with Gasteiger partial charge in [0.25, 0.3) is 0 Å². The van der Waals surface area contributed by atoms with Crippen molar-refractivity contribution < 1.29 is 14.3 Å². The van der Waals surface area contributed by atoms with Crippen molar-refractivity contribution in [3.8, 4) is 0 Å². The Morgan fingerprint density at radius 3 is 2.50 bits per heavy atom. The Bertz CT molecular complexity index is 786. The molecule has 3 heteroatoms. The zero-order chi connectivity index (χ0) is 23.5. The van der Waals surface area contributed by atoms with E-state index in [1.807, 2.05) is 0 Å². The highest BCUT2D eigenvalue weighted by atomic mass is 16.5. The van der Waals surface area contributed by atoms with Crippen molar-refractivity contribution in [2.24, 2.45) is 35.0 Å². The summed E-state index contributed by atoms with van der Waals surface area (Å²) in [5, 5.41) is 0. The summed E-state index contributed by atoms with van der Waals surface area (Å²) in [6, 6.07) is 0. The van der Waals surface area contributed by atoms with Gasteiger partial charge in [0.15, 0.2) is 5.78 Å². The predicted molar refractivity (Wildman–Crippen MR) is 131 cm³/mol. The van der Waals surface area contributed by atoms with Gasteiger partial charge < -0.3 is 4.74 Å². The van der Waals surface area contributed by atoms with Crippen LogP contribution in [-0.4, -0.2) is 17.9 Å². The van der Waals surface area contributed by atoms with Gasteiger partial charge in [0.1, 0.15) is 6.10 Å². The van der Waals surface area contributed by atoms with E-state index in [9.17, 15) is 9.59 Å². The van der Waals surface area contributed by atoms with Crippen LogP contribution in [0.1, 0.15) is 92.9 Å². The summed E-state index contributed by atoms with van der Waals surface area (Å²) in [4.78, 5) is 23.8. The lowest BCUT2D eigenvalue weighted by atomic mass is 9.61. The van der Waals surface area contributed by atoms with Crippen molar-refractivity contribution in [2.45, 2.75) is 99.0 Å². The van der Waals surface area contributed by atoms with E-state index in [0.717, 1.165) is 17.9 Å². The maximum absolute atomic E-state index is 12.5. The van der Waals surface area contributed by atoms with Crippen molar-refractivity contribution in [3.63, 3.8) is 0 Å². The third-order valence-electron chi connectivity index (χ3n) is 8.77. The van der Waals surface area contributed by atoms with Gasteiger partial charge in [-0.3, -0.25) is 9.59 Å². The molecule has 0 spiro atoms. The molecule has 0 unspecified atom stereocenters. The van der Waals surface area contributed by atoms with Crippen LogP contribution in [0.4, 0.5) is 0 Å². The molecule has 0 aromatic rings. The molecule has 3 rings (SSSR count). The standard InChI is InChI=1S/C29H44O3/c1-19(2)20(3)9-10-21(4)26-14-15-27-23(8-7-17-29(26,27)6)11-12-24-18-25(32-22(5)30)13-16-28(24)31/h9-12,19-21,25-27H,7-8,13-18H2,1-6H3/b10-9+,23-11+,24-12-/t20-,21+,25-,26+,27-,29+/m0/s1. The van der Waals surface area contributed by atoms with Crippen LogP contribution in [0, 0.1) is 35.0 Å². The molecule has 0 aliphatic heterocycles. The molecule has 0 bridgehead atoms. The molecule has 32 heavy (non-hydrogen) atoms. The number of hydrogen-bond donors (Lipinski definition) is 0. The molecule has 3 saturated carbocycles. The number of allylic oxidation sites excluding steroid dienone is 5. The van der Waals surface area contributed by atoms with Gasteiger partial charge in [0.05, 0.1) is 0 Å². The van der Waals surface area contributed by atoms with Gasteiger partial charge in [-0.05, 0) is 79.1 Å². The van der Waals surface area contributed by atoms with E-state index < -0.39 is 0 Å². The molecule has 3 aliphatic rings. The number of esters is 1. The number of carbonyl (C=O) groups excluding carboxylic acids is 2. The van der Waals surface area contributed by atoms with Gasteiger partial charge in [-0.2, -0.15) is 0 Å². The van der Waals surface area contributed by atoms with E-state index in [0.29, 0.717) is 48.3 Å². The summed E-state index contributed by atoms with van der Waals surface area (Å²) in [5.41, 5.74) is 2.71. The lowest BCUT2D eigenvalue weighted by Gasteiger charge is -2.44. The van der Waals surface area contributed by atoms with E-state index in [4.69, 9.17) is 4.74 Å². The maximum atomic E-state index is 12.5. The zero-order valence-electron chi connectivity index (χ0n) is 21.2. The van der Waals surface area contributed by atoms with Gasteiger partial charge in [-0.15, -0.1) is 0 Å². The van der Waals surface area contributed by atoms with Crippen LogP contribution in [-0.2, 0) is 14.3 Å². The summed E-state index contributed by atoms with van der Waals surface area (Å²) >= 11 is 0. The molecular weight excluding hydrogens is 396 g/mol. The van der Waals surface area contributed by atoms with Crippen molar-refractivity contribution in [3.05, 3.63) is 35.5 Å². The Morgan fingerprint density at radius 2 is 1.81 bits per heavy atom. The second-order valence-electron chi connectivity index (χ2n) is 11.3. The molecule has 178 valence electrons. The van der Waals surface area contributed by atoms with E-state index >= 15 is 0 Å². The summed E-state index contributed by atoms with van der Waals surface area (Å²) in [5.74, 6) is 3.22. The van der Waals surface area contributed by atoms with Crippen molar-refractivity contribution in [1.82, 2.24) is 0 Å². The first-order chi connectivity index (χ1) is 15.1. The largest absolute Gasteiger partial charge is 0.462 e. The number of rotatable bonds is 6. The van der Waals surface area contributed by atoms with E-state index in [1.165, 1.54) is 38.2 Å². The number of Topliss-reactive ketones (excluding diaryl/α,β-unsaturated/α-hetero) is 1. The van der Waals surface area contributed by atoms with E-state index in [2.05, 4.69) is 58.9 Å². The Kier molecular flexibility index (Phi) is 8.22. The second-order valence-corrected chi connectivity index (χ2v) is 11.3. The molecule has 0 heterocycles. The van der Waals surface area contributed by atoms with Crippen LogP contribution in [0.2, 0.25) is 0 Å². The Balaban J connectivity index is 1.74. The predicted octanol–water partition coefficient (Wildman–Crippen LogP) is 7.22. The third-order valence-corrected chi connectivity index (χ3v) is 8.77. The van der Waals surface area contributed by atoms with Gasteiger partial charge in [0.2, 0.25) is 0 Å². The van der Waals surface area contributed by atoms with Crippen LogP contribution in [0.5, 0.6) is 0 Å². The normalized spacial score (nSPS) is 35.5. The number of hydrogen-bond acceptors (Lipinski definition) is 3. The first-order valence-corrected chi connectivity index (χ1v) is 12.9. The minimum Gasteiger partial charge on any atom is -0.462 e. The fraction of sp³-hybridized carbons (Fsp3) is 0.724. The molecule has 3 aliphatic carbocycles. The number of fused-ring (bicyclic) bond motifs is 1. The SMILES string of the molecule is CC(=O)O[C@H]1CCC(=O)/C(=C\C=C2/CCC[C@]3(C)[C@@H]([C@H](C)/C=C/[C@H](C)C(C)C)CC[C@@H]23)C1. The second kappa shape index (κ2) is 10.5. The average molecular weight is 441 g/mol. The van der Waals surface area contributed by atoms with E-state index in [-0.39, 0.29) is 17.9 Å². The highest BCUT2D eigenvalue weighted by molar-refractivity contribution is 5.96. The first-order valence-electron chi connectivity index (χ1n) is 12.9. The Hall–Kier alpha value is -1.64. The molecule has 0 radical (unpaired) electrons. The van der Waals surface area contributed by atoms with Crippen molar-refractivity contribution >= 4 is 11.8 Å². The lowest BCUT2D eigenvalue weighted by molar-refractivity contribution is -0.148. The van der Waals surface area contributed by atoms with Crippen molar-refractivity contribution in [1.29, 1.82) is 0 Å². The molecular formula is C29H44O3. The van der Waals surface area contributed by atoms with Gasteiger partial charge in [-0.25, -0.2) is 0 Å². The summed E-state index contributed by atoms with van der Waals surface area (Å²) in [6.45, 7) is 13.3. The number of ether oxygens (including phenoxy) is 1.